The molecule has 0 aliphatic carbocycles. The second-order valence-corrected chi connectivity index (χ2v) is 10.1. The third-order valence-electron chi connectivity index (χ3n) is 4.86. The van der Waals surface area contributed by atoms with Gasteiger partial charge in [-0.05, 0) is 47.2 Å². The number of carbonyl (C=O) groups is 1. The lowest BCUT2D eigenvalue weighted by Gasteiger charge is -2.11. The van der Waals surface area contributed by atoms with Crippen molar-refractivity contribution >= 4 is 15.6 Å². The first-order valence-electron chi connectivity index (χ1n) is 10.2. The van der Waals surface area contributed by atoms with Crippen molar-refractivity contribution in [2.75, 3.05) is 6.26 Å². The van der Waals surface area contributed by atoms with Gasteiger partial charge in [0.15, 0.2) is 15.6 Å². The summed E-state index contributed by atoms with van der Waals surface area (Å²) in [6.07, 6.45) is 2.50. The van der Waals surface area contributed by atoms with E-state index in [1.807, 2.05) is 48.0 Å². The molecular formula is C24H28N2O3S. The Kier molecular flexibility index (Phi) is 6.56. The van der Waals surface area contributed by atoms with Crippen molar-refractivity contribution in [2.24, 2.45) is 5.92 Å². The fourth-order valence-electron chi connectivity index (χ4n) is 3.37. The highest BCUT2D eigenvalue weighted by Crippen LogP contribution is 2.28. The molecule has 1 aromatic heterocycles. The number of rotatable bonds is 8. The van der Waals surface area contributed by atoms with Gasteiger partial charge >= 0.3 is 0 Å². The van der Waals surface area contributed by atoms with Gasteiger partial charge in [0.2, 0.25) is 0 Å². The van der Waals surface area contributed by atoms with Crippen molar-refractivity contribution in [3.05, 3.63) is 60.3 Å². The molecule has 1 heterocycles. The number of ketones is 1. The molecule has 2 aromatic carbocycles. The molecule has 0 unspecified atom stereocenters. The van der Waals surface area contributed by atoms with Crippen LogP contribution in [-0.4, -0.2) is 30.2 Å². The second-order valence-electron chi connectivity index (χ2n) is 8.04. The van der Waals surface area contributed by atoms with Crippen LogP contribution in [0.3, 0.4) is 0 Å². The van der Waals surface area contributed by atoms with Crippen LogP contribution in [0.25, 0.3) is 22.4 Å². The first-order chi connectivity index (χ1) is 14.2. The predicted octanol–water partition coefficient (Wildman–Crippen LogP) is 5.26. The lowest BCUT2D eigenvalue weighted by atomic mass is 10.0. The summed E-state index contributed by atoms with van der Waals surface area (Å²) in [7, 11) is -3.26. The molecule has 0 bridgehead atoms. The van der Waals surface area contributed by atoms with Gasteiger partial charge < -0.3 is 0 Å². The van der Waals surface area contributed by atoms with Crippen molar-refractivity contribution in [1.82, 2.24) is 9.78 Å². The topological polar surface area (TPSA) is 69.0 Å². The highest BCUT2D eigenvalue weighted by atomic mass is 32.2. The van der Waals surface area contributed by atoms with E-state index >= 15 is 0 Å². The molecule has 30 heavy (non-hydrogen) atoms. The molecule has 0 saturated heterocycles. The van der Waals surface area contributed by atoms with Crippen LogP contribution in [0.4, 0.5) is 0 Å². The molecular weight excluding hydrogens is 396 g/mol. The summed E-state index contributed by atoms with van der Waals surface area (Å²) in [6, 6.07) is 16.7. The Bertz CT molecular complexity index is 1140. The zero-order valence-corrected chi connectivity index (χ0v) is 18.7. The van der Waals surface area contributed by atoms with Crippen LogP contribution in [0.2, 0.25) is 0 Å². The third-order valence-corrected chi connectivity index (χ3v) is 5.97. The fraction of sp³-hybridized carbons (Fsp3) is 0.333. The zero-order chi connectivity index (χ0) is 21.9. The summed E-state index contributed by atoms with van der Waals surface area (Å²) in [5.74, 6) is 0.464. The van der Waals surface area contributed by atoms with E-state index in [-0.39, 0.29) is 5.78 Å². The van der Waals surface area contributed by atoms with Crippen LogP contribution >= 0.6 is 0 Å². The summed E-state index contributed by atoms with van der Waals surface area (Å²) in [5.41, 5.74) is 4.18. The van der Waals surface area contributed by atoms with Crippen LogP contribution in [0, 0.1) is 5.92 Å². The Morgan fingerprint density at radius 1 is 1.00 bits per heavy atom. The fourth-order valence-corrected chi connectivity index (χ4v) is 4.03. The number of nitrogens with zero attached hydrogens (tertiary/aromatic N) is 2. The molecule has 0 fully saturated rings. The van der Waals surface area contributed by atoms with Crippen molar-refractivity contribution in [3.8, 4) is 22.4 Å². The van der Waals surface area contributed by atoms with Gasteiger partial charge in [0.1, 0.15) is 5.69 Å². The smallest absolute Gasteiger partial charge is 0.183 e. The van der Waals surface area contributed by atoms with E-state index in [1.54, 1.807) is 18.2 Å². The van der Waals surface area contributed by atoms with E-state index in [2.05, 4.69) is 18.9 Å². The van der Waals surface area contributed by atoms with Gasteiger partial charge in [0.05, 0.1) is 10.6 Å². The molecule has 5 nitrogen and oxygen atoms in total. The molecule has 0 N–H and O–H groups in total. The molecule has 6 heteroatoms. The summed E-state index contributed by atoms with van der Waals surface area (Å²) in [5, 5.41) is 4.56. The van der Waals surface area contributed by atoms with Gasteiger partial charge in [0, 0.05) is 19.2 Å². The van der Waals surface area contributed by atoms with Crippen molar-refractivity contribution in [3.63, 3.8) is 0 Å². The molecule has 0 amide bonds. The number of Topliss-reactive ketones (excluding diaryl/α,β-unsaturated/α-hetero) is 1. The van der Waals surface area contributed by atoms with E-state index in [4.69, 9.17) is 0 Å². The van der Waals surface area contributed by atoms with Crippen LogP contribution < -0.4 is 0 Å². The number of hydrogen-bond donors (Lipinski definition) is 0. The van der Waals surface area contributed by atoms with Gasteiger partial charge in [-0.3, -0.25) is 9.48 Å². The van der Waals surface area contributed by atoms with Gasteiger partial charge in [-0.15, -0.1) is 0 Å². The minimum atomic E-state index is -3.26. The zero-order valence-electron chi connectivity index (χ0n) is 17.9. The van der Waals surface area contributed by atoms with Crippen LogP contribution in [0.15, 0.2) is 59.5 Å². The van der Waals surface area contributed by atoms with Crippen molar-refractivity contribution < 1.29 is 13.2 Å². The minimum Gasteiger partial charge on any atom is -0.292 e. The Balaban J connectivity index is 1.97. The SMILES string of the molecule is CCCC(=O)c1cc(-c2ccc(-c3cccc(S(C)(=O)=O)c3)cc2)n(CC(C)C)n1. The molecule has 0 spiro atoms. The number of hydrogen-bond acceptors (Lipinski definition) is 4. The van der Waals surface area contributed by atoms with Gasteiger partial charge in [-0.25, -0.2) is 8.42 Å². The third kappa shape index (κ3) is 5.05. The van der Waals surface area contributed by atoms with Crippen LogP contribution in [0.1, 0.15) is 44.1 Å². The summed E-state index contributed by atoms with van der Waals surface area (Å²) >= 11 is 0. The quantitative estimate of drug-likeness (QED) is 0.463. The van der Waals surface area contributed by atoms with Crippen molar-refractivity contribution in [1.29, 1.82) is 0 Å². The highest BCUT2D eigenvalue weighted by molar-refractivity contribution is 7.90. The first kappa shape index (κ1) is 22.0. The summed E-state index contributed by atoms with van der Waals surface area (Å²) in [4.78, 5) is 12.7. The Morgan fingerprint density at radius 3 is 2.27 bits per heavy atom. The standard InChI is InChI=1S/C24H28N2O3S/c1-5-7-24(27)22-15-23(26(25-22)16-17(2)3)19-12-10-18(11-13-19)20-8-6-9-21(14-20)30(4,28)29/h6,8-15,17H,5,7,16H2,1-4H3. The van der Waals surface area contributed by atoms with E-state index < -0.39 is 9.84 Å². The average molecular weight is 425 g/mol. The Morgan fingerprint density at radius 2 is 1.67 bits per heavy atom. The van der Waals surface area contributed by atoms with Crippen LogP contribution in [0.5, 0.6) is 0 Å². The molecule has 158 valence electrons. The van der Waals surface area contributed by atoms with E-state index in [9.17, 15) is 13.2 Å². The monoisotopic (exact) mass is 424 g/mol. The number of aromatic nitrogens is 2. The molecule has 0 saturated carbocycles. The molecule has 0 radical (unpaired) electrons. The second kappa shape index (κ2) is 8.96. The van der Waals surface area contributed by atoms with E-state index in [0.29, 0.717) is 22.9 Å². The number of sulfone groups is 1. The molecule has 0 atom stereocenters. The highest BCUT2D eigenvalue weighted by Gasteiger charge is 2.16. The Hall–Kier alpha value is -2.73. The molecule has 0 aliphatic heterocycles. The van der Waals surface area contributed by atoms with Gasteiger partial charge in [0.25, 0.3) is 0 Å². The summed E-state index contributed by atoms with van der Waals surface area (Å²) in [6.45, 7) is 6.96. The maximum atomic E-state index is 12.4. The summed E-state index contributed by atoms with van der Waals surface area (Å²) < 4.78 is 25.6. The predicted molar refractivity (Wildman–Crippen MR) is 120 cm³/mol. The minimum absolute atomic E-state index is 0.0652. The molecule has 0 aliphatic rings. The van der Waals surface area contributed by atoms with E-state index in [1.165, 1.54) is 6.26 Å². The van der Waals surface area contributed by atoms with Gasteiger partial charge in [-0.2, -0.15) is 5.10 Å². The lowest BCUT2D eigenvalue weighted by molar-refractivity contribution is 0.0976. The maximum absolute atomic E-state index is 12.4. The lowest BCUT2D eigenvalue weighted by Crippen LogP contribution is -2.09. The van der Waals surface area contributed by atoms with E-state index in [0.717, 1.165) is 35.3 Å². The van der Waals surface area contributed by atoms with Gasteiger partial charge in [-0.1, -0.05) is 57.2 Å². The number of benzene rings is 2. The largest absolute Gasteiger partial charge is 0.292 e. The first-order valence-corrected chi connectivity index (χ1v) is 12.1. The Labute approximate surface area is 178 Å². The van der Waals surface area contributed by atoms with Crippen LogP contribution in [-0.2, 0) is 16.4 Å². The normalized spacial score (nSPS) is 11.8. The molecule has 3 rings (SSSR count). The number of carbonyl (C=O) groups excluding carboxylic acids is 1. The molecule has 3 aromatic rings. The maximum Gasteiger partial charge on any atom is 0.183 e. The average Bonchev–Trinajstić information content (AvgIpc) is 3.11. The van der Waals surface area contributed by atoms with Crippen molar-refractivity contribution in [2.45, 2.75) is 45.1 Å².